The third-order valence-corrected chi connectivity index (χ3v) is 2.29. The van der Waals surface area contributed by atoms with Crippen LogP contribution in [0.3, 0.4) is 0 Å². The molecule has 0 spiro atoms. The summed E-state index contributed by atoms with van der Waals surface area (Å²) in [4.78, 5) is 4.18. The summed E-state index contributed by atoms with van der Waals surface area (Å²) in [6.45, 7) is 10.4. The van der Waals surface area contributed by atoms with Gasteiger partial charge in [0.05, 0.1) is 0 Å². The first-order valence-electron chi connectivity index (χ1n) is 5.93. The van der Waals surface area contributed by atoms with Crippen molar-refractivity contribution in [3.05, 3.63) is 0 Å². The van der Waals surface area contributed by atoms with Crippen LogP contribution in [0, 0.1) is 11.8 Å². The van der Waals surface area contributed by atoms with Crippen LogP contribution in [-0.2, 0) is 6.54 Å². The monoisotopic (exact) mass is 225 g/mol. The van der Waals surface area contributed by atoms with E-state index in [0.717, 1.165) is 19.5 Å². The van der Waals surface area contributed by atoms with E-state index >= 15 is 0 Å². The SMILES string of the molecule is CC(C)CCn1nc(NCC(C)C)nc1N. The van der Waals surface area contributed by atoms with Crippen molar-refractivity contribution in [2.45, 2.75) is 40.7 Å². The Hall–Kier alpha value is -1.26. The summed E-state index contributed by atoms with van der Waals surface area (Å²) in [6, 6.07) is 0. The molecule has 1 aromatic rings. The van der Waals surface area contributed by atoms with Crippen molar-refractivity contribution in [2.24, 2.45) is 11.8 Å². The van der Waals surface area contributed by atoms with Gasteiger partial charge in [-0.25, -0.2) is 4.68 Å². The third kappa shape index (κ3) is 4.08. The van der Waals surface area contributed by atoms with Crippen molar-refractivity contribution in [3.63, 3.8) is 0 Å². The standard InChI is InChI=1S/C11H23N5/c1-8(2)5-6-16-10(12)14-11(15-16)13-7-9(3)4/h8-9H,5-7H2,1-4H3,(H3,12,13,14,15). The summed E-state index contributed by atoms with van der Waals surface area (Å²) >= 11 is 0. The zero-order valence-electron chi connectivity index (χ0n) is 10.7. The molecule has 5 nitrogen and oxygen atoms in total. The van der Waals surface area contributed by atoms with Crippen LogP contribution in [0.1, 0.15) is 34.1 Å². The van der Waals surface area contributed by atoms with E-state index in [0.29, 0.717) is 23.7 Å². The number of nitrogen functional groups attached to an aromatic ring is 1. The van der Waals surface area contributed by atoms with E-state index in [1.165, 1.54) is 0 Å². The smallest absolute Gasteiger partial charge is 0.243 e. The van der Waals surface area contributed by atoms with Crippen LogP contribution in [0.5, 0.6) is 0 Å². The van der Waals surface area contributed by atoms with E-state index in [4.69, 9.17) is 5.73 Å². The number of aryl methyl sites for hydroxylation is 1. The van der Waals surface area contributed by atoms with E-state index in [9.17, 15) is 0 Å². The Morgan fingerprint density at radius 1 is 1.25 bits per heavy atom. The molecule has 0 radical (unpaired) electrons. The molecule has 1 rings (SSSR count). The minimum Gasteiger partial charge on any atom is -0.368 e. The number of nitrogens with zero attached hydrogens (tertiary/aromatic N) is 3. The third-order valence-electron chi connectivity index (χ3n) is 2.29. The molecule has 0 saturated carbocycles. The van der Waals surface area contributed by atoms with Gasteiger partial charge in [0.2, 0.25) is 11.9 Å². The zero-order chi connectivity index (χ0) is 12.1. The fourth-order valence-electron chi connectivity index (χ4n) is 1.27. The molecule has 0 aromatic carbocycles. The zero-order valence-corrected chi connectivity index (χ0v) is 10.7. The first kappa shape index (κ1) is 12.8. The van der Waals surface area contributed by atoms with Crippen LogP contribution >= 0.6 is 0 Å². The number of hydrogen-bond acceptors (Lipinski definition) is 4. The number of nitrogens with two attached hydrogens (primary N) is 1. The highest BCUT2D eigenvalue weighted by atomic mass is 15.4. The second-order valence-electron chi connectivity index (χ2n) is 4.97. The van der Waals surface area contributed by atoms with Gasteiger partial charge in [0.15, 0.2) is 0 Å². The van der Waals surface area contributed by atoms with E-state index in [1.54, 1.807) is 4.68 Å². The van der Waals surface area contributed by atoms with Crippen molar-refractivity contribution < 1.29 is 0 Å². The van der Waals surface area contributed by atoms with Crippen LogP contribution in [0.25, 0.3) is 0 Å². The number of hydrogen-bond donors (Lipinski definition) is 2. The number of rotatable bonds is 6. The molecule has 0 bridgehead atoms. The molecule has 16 heavy (non-hydrogen) atoms. The lowest BCUT2D eigenvalue weighted by Crippen LogP contribution is -2.10. The molecule has 0 amide bonds. The van der Waals surface area contributed by atoms with Gasteiger partial charge in [-0.05, 0) is 18.3 Å². The fraction of sp³-hybridized carbons (Fsp3) is 0.818. The largest absolute Gasteiger partial charge is 0.368 e. The molecule has 0 fully saturated rings. The Balaban J connectivity index is 2.52. The molecule has 5 heteroatoms. The second kappa shape index (κ2) is 5.72. The Labute approximate surface area is 97.4 Å². The van der Waals surface area contributed by atoms with E-state index in [-0.39, 0.29) is 0 Å². The maximum atomic E-state index is 5.78. The lowest BCUT2D eigenvalue weighted by Gasteiger charge is -2.05. The molecule has 0 atom stereocenters. The van der Waals surface area contributed by atoms with Gasteiger partial charge in [-0.2, -0.15) is 4.98 Å². The van der Waals surface area contributed by atoms with Crippen LogP contribution in [-0.4, -0.2) is 21.3 Å². The lowest BCUT2D eigenvalue weighted by atomic mass is 10.1. The molecule has 0 aliphatic rings. The highest BCUT2D eigenvalue weighted by Crippen LogP contribution is 2.09. The Kier molecular flexibility index (Phi) is 4.58. The molecule has 0 aliphatic carbocycles. The average Bonchev–Trinajstić information content (AvgIpc) is 2.53. The van der Waals surface area contributed by atoms with Crippen molar-refractivity contribution in [3.8, 4) is 0 Å². The van der Waals surface area contributed by atoms with E-state index in [2.05, 4.69) is 43.1 Å². The van der Waals surface area contributed by atoms with Crippen LogP contribution in [0.4, 0.5) is 11.9 Å². The summed E-state index contributed by atoms with van der Waals surface area (Å²) in [5.41, 5.74) is 5.78. The van der Waals surface area contributed by atoms with Gasteiger partial charge >= 0.3 is 0 Å². The first-order valence-corrected chi connectivity index (χ1v) is 5.93. The van der Waals surface area contributed by atoms with Crippen LogP contribution in [0.2, 0.25) is 0 Å². The Bertz CT molecular complexity index is 316. The molecule has 1 heterocycles. The van der Waals surface area contributed by atoms with E-state index < -0.39 is 0 Å². The van der Waals surface area contributed by atoms with Crippen molar-refractivity contribution >= 4 is 11.9 Å². The molecular weight excluding hydrogens is 202 g/mol. The minimum absolute atomic E-state index is 0.493. The fourth-order valence-corrected chi connectivity index (χ4v) is 1.27. The van der Waals surface area contributed by atoms with Crippen LogP contribution in [0.15, 0.2) is 0 Å². The van der Waals surface area contributed by atoms with E-state index in [1.807, 2.05) is 0 Å². The van der Waals surface area contributed by atoms with Crippen molar-refractivity contribution in [1.29, 1.82) is 0 Å². The van der Waals surface area contributed by atoms with Gasteiger partial charge in [-0.15, -0.1) is 5.10 Å². The van der Waals surface area contributed by atoms with Gasteiger partial charge in [0, 0.05) is 13.1 Å². The summed E-state index contributed by atoms with van der Waals surface area (Å²) in [7, 11) is 0. The quantitative estimate of drug-likeness (QED) is 0.776. The predicted molar refractivity (Wildman–Crippen MR) is 67.2 cm³/mol. The number of anilines is 2. The van der Waals surface area contributed by atoms with Gasteiger partial charge in [0.25, 0.3) is 0 Å². The highest BCUT2D eigenvalue weighted by molar-refractivity contribution is 5.31. The van der Waals surface area contributed by atoms with Gasteiger partial charge < -0.3 is 11.1 Å². The molecule has 0 unspecified atom stereocenters. The van der Waals surface area contributed by atoms with Crippen molar-refractivity contribution in [1.82, 2.24) is 14.8 Å². The Morgan fingerprint density at radius 3 is 2.50 bits per heavy atom. The lowest BCUT2D eigenvalue weighted by molar-refractivity contribution is 0.491. The van der Waals surface area contributed by atoms with Gasteiger partial charge in [0.1, 0.15) is 0 Å². The predicted octanol–water partition coefficient (Wildman–Crippen LogP) is 1.97. The molecule has 3 N–H and O–H groups in total. The van der Waals surface area contributed by atoms with Gasteiger partial charge in [-0.1, -0.05) is 27.7 Å². The molecule has 92 valence electrons. The summed E-state index contributed by atoms with van der Waals surface area (Å²) in [5.74, 6) is 2.35. The van der Waals surface area contributed by atoms with Crippen molar-refractivity contribution in [2.75, 3.05) is 17.6 Å². The average molecular weight is 225 g/mol. The summed E-state index contributed by atoms with van der Waals surface area (Å²) in [5, 5.41) is 7.49. The molecule has 0 saturated heterocycles. The normalized spacial score (nSPS) is 11.4. The number of nitrogens with one attached hydrogen (secondary N) is 1. The maximum Gasteiger partial charge on any atom is 0.243 e. The minimum atomic E-state index is 0.493. The maximum absolute atomic E-state index is 5.78. The Morgan fingerprint density at radius 2 is 1.94 bits per heavy atom. The first-order chi connectivity index (χ1) is 7.49. The second-order valence-corrected chi connectivity index (χ2v) is 4.97. The number of aromatic nitrogens is 3. The topological polar surface area (TPSA) is 68.8 Å². The van der Waals surface area contributed by atoms with Crippen LogP contribution < -0.4 is 11.1 Å². The summed E-state index contributed by atoms with van der Waals surface area (Å²) < 4.78 is 1.77. The molecule has 0 aliphatic heterocycles. The summed E-state index contributed by atoms with van der Waals surface area (Å²) in [6.07, 6.45) is 1.07. The molecular formula is C11H23N5. The highest BCUT2D eigenvalue weighted by Gasteiger charge is 2.07. The van der Waals surface area contributed by atoms with Gasteiger partial charge in [-0.3, -0.25) is 0 Å². The molecule has 1 aromatic heterocycles.